The molecule has 1 radical (unpaired) electrons. The molecule has 1 aliphatic heterocycles. The van der Waals surface area contributed by atoms with E-state index in [-0.39, 0.29) is 72.5 Å². The maximum Gasteiger partial charge on any atom is 0.346 e. The second kappa shape index (κ2) is 38.2. The number of carboxylic acids is 4. The molecule has 0 spiro atoms. The van der Waals surface area contributed by atoms with Crippen molar-refractivity contribution in [2.45, 2.75) is 50.8 Å². The molecule has 0 saturated heterocycles. The van der Waals surface area contributed by atoms with Crippen LogP contribution >= 0.6 is 0 Å². The van der Waals surface area contributed by atoms with Gasteiger partial charge in [-0.2, -0.15) is 18.4 Å². The molecule has 0 aromatic heterocycles. The summed E-state index contributed by atoms with van der Waals surface area (Å²) in [4.78, 5) is 90.1. The fraction of sp³-hybridized carbons (Fsp3) is 0.296. The van der Waals surface area contributed by atoms with Gasteiger partial charge in [-0.25, -0.2) is 38.4 Å². The predicted octanol–water partition coefficient (Wildman–Crippen LogP) is 4.99. The number of carbonyl (C=O) groups is 6. The molecule has 425 valence electrons. The number of nitrogens with zero attached hydrogens (tertiary/aromatic N) is 2. The van der Waals surface area contributed by atoms with E-state index in [2.05, 4.69) is 14.7 Å². The van der Waals surface area contributed by atoms with Crippen LogP contribution in [0.25, 0.3) is 0 Å². The van der Waals surface area contributed by atoms with Crippen molar-refractivity contribution < 1.29 is 107 Å². The number of benzene rings is 5. The number of esters is 2. The quantitative estimate of drug-likeness (QED) is 0.0174. The third-order valence-electron chi connectivity index (χ3n) is 10.7. The van der Waals surface area contributed by atoms with Gasteiger partial charge in [-0.3, -0.25) is 4.55 Å². The number of aliphatic imine (C=N–C) groups is 2. The number of aliphatic hydroxyl groups is 6. The molecule has 24 nitrogen and oxygen atoms in total. The number of aromatic carboxylic acids is 4. The van der Waals surface area contributed by atoms with E-state index >= 15 is 0 Å². The molecule has 1 saturated carbocycles. The normalized spacial score (nSPS) is 13.5. The number of isocyanates is 2. The van der Waals surface area contributed by atoms with Gasteiger partial charge in [-0.05, 0) is 128 Å². The van der Waals surface area contributed by atoms with Gasteiger partial charge in [0.15, 0.2) is 0 Å². The van der Waals surface area contributed by atoms with E-state index in [0.29, 0.717) is 59.7 Å². The number of cyclic esters (lactones) is 2. The van der Waals surface area contributed by atoms with Crippen LogP contribution in [0.1, 0.15) is 113 Å². The van der Waals surface area contributed by atoms with Crippen LogP contribution in [0, 0.1) is 17.3 Å². The number of fused-ring (bicyclic) bond motifs is 1. The minimum absolute atomic E-state index is 0. The van der Waals surface area contributed by atoms with Gasteiger partial charge in [0.2, 0.25) is 12.2 Å². The van der Waals surface area contributed by atoms with Crippen LogP contribution in [0.4, 0.5) is 11.4 Å². The number of ether oxygens (including phenoxy) is 1. The molecule has 0 bridgehead atoms. The van der Waals surface area contributed by atoms with Gasteiger partial charge >= 0.3 is 35.8 Å². The van der Waals surface area contributed by atoms with Crippen LogP contribution in [0.3, 0.4) is 0 Å². The molecule has 0 amide bonds. The van der Waals surface area contributed by atoms with Crippen LogP contribution in [0.5, 0.6) is 0 Å². The fourth-order valence-electron chi connectivity index (χ4n) is 6.18. The summed E-state index contributed by atoms with van der Waals surface area (Å²) >= 11 is 0. The van der Waals surface area contributed by atoms with E-state index in [1.54, 1.807) is 62.4 Å². The minimum Gasteiger partial charge on any atom is -0.478 e. The molecule has 1 fully saturated rings. The molecule has 2 aliphatic rings. The summed E-state index contributed by atoms with van der Waals surface area (Å²) in [6.07, 6.45) is 8.16. The molecule has 5 aromatic carbocycles. The van der Waals surface area contributed by atoms with Crippen LogP contribution in [0.15, 0.2) is 130 Å². The van der Waals surface area contributed by atoms with Gasteiger partial charge in [0.05, 0.1) is 76.1 Å². The largest absolute Gasteiger partial charge is 0.478 e. The molecule has 1 heterocycles. The van der Waals surface area contributed by atoms with Crippen molar-refractivity contribution in [2.75, 3.05) is 39.6 Å². The molecule has 7 rings (SSSR count). The minimum atomic E-state index is -4.64. The van der Waals surface area contributed by atoms with E-state index in [1.807, 2.05) is 24.3 Å². The van der Waals surface area contributed by atoms with Gasteiger partial charge in [0.1, 0.15) is 0 Å². The maximum atomic E-state index is 10.8. The first-order valence-electron chi connectivity index (χ1n) is 23.3. The third kappa shape index (κ3) is 27.9. The van der Waals surface area contributed by atoms with Crippen LogP contribution in [-0.2, 0) is 30.9 Å². The average Bonchev–Trinajstić information content (AvgIpc) is 3.74. The Bertz CT molecular complexity index is 2830. The van der Waals surface area contributed by atoms with Crippen molar-refractivity contribution in [1.82, 2.24) is 0 Å². The Balaban J connectivity index is 0.000000942. The Hall–Kier alpha value is -7.45. The van der Waals surface area contributed by atoms with Crippen molar-refractivity contribution in [1.29, 1.82) is 0 Å². The van der Waals surface area contributed by atoms with Gasteiger partial charge in [-0.15, -0.1) is 0 Å². The molecule has 26 heteroatoms. The zero-order valence-electron chi connectivity index (χ0n) is 43.6. The summed E-state index contributed by atoms with van der Waals surface area (Å²) in [7, 11) is -4.64. The smallest absolute Gasteiger partial charge is 0.346 e. The Labute approximate surface area is 481 Å². The first-order chi connectivity index (χ1) is 37.3. The molecular formula is C54H60N2NaO22S. The Morgan fingerprint density at radius 3 is 1.15 bits per heavy atom. The van der Waals surface area contributed by atoms with E-state index in [4.69, 9.17) is 55.6 Å². The van der Waals surface area contributed by atoms with Crippen LogP contribution in [-0.4, -0.2) is 181 Å². The number of carbonyl (C=O) groups excluding carboxylic acids is 4. The standard InChI is InChI=1S/C15H10N2O2.C8H6O7S.C8H6O4.C8H4O3.C8H16O2.C5H12O2.C2H6O2.Na/c18-10-16-14-5-1-12(2-6-14)9-13-3-7-15(8-4-13)17-11-19;9-7(10)4-1-5(8(11)12)3-6(2-4)16(13,14)15;9-7(10)5-2-1-3-6(4-5)8(11)12;9-7-5-3-1-2-4-6(5)8(10)11-7;9-5-7-1-2-8(6-10)4-3-7;1-5(2,3-6)4-7;3-1-2-4;/h1-8H,9H2;1-3H,(H,9,10)(H,11,12)(H,13,14,15);1-4H,(H,9,10)(H,11,12);1-4H;7-10H,1-6H2;6-7H,3-4H2,1-2H3;3-4H,1-2H2;. The second-order valence-electron chi connectivity index (χ2n) is 17.3. The molecule has 1 aliphatic carbocycles. The number of carboxylic acid groups (broad SMARTS) is 4. The van der Waals surface area contributed by atoms with E-state index in [0.717, 1.165) is 55.4 Å². The van der Waals surface area contributed by atoms with Crippen molar-refractivity contribution in [3.05, 3.63) is 160 Å². The molecule has 5 aromatic rings. The van der Waals surface area contributed by atoms with Gasteiger partial charge in [0, 0.05) is 48.2 Å². The fourth-order valence-corrected chi connectivity index (χ4v) is 6.73. The first kappa shape index (κ1) is 72.5. The Morgan fingerprint density at radius 2 is 0.887 bits per heavy atom. The molecule has 0 atom stereocenters. The monoisotopic (exact) mass is 1140 g/mol. The Kier molecular flexibility index (Phi) is 34.6. The van der Waals surface area contributed by atoms with Gasteiger partial charge < -0.3 is 55.8 Å². The predicted molar refractivity (Wildman–Crippen MR) is 285 cm³/mol. The van der Waals surface area contributed by atoms with E-state index in [9.17, 15) is 46.8 Å². The number of hydrogen-bond donors (Lipinski definition) is 11. The number of hydrogen-bond acceptors (Lipinski definition) is 19. The zero-order chi connectivity index (χ0) is 59.7. The van der Waals surface area contributed by atoms with Crippen molar-refractivity contribution in [3.8, 4) is 0 Å². The zero-order valence-corrected chi connectivity index (χ0v) is 46.4. The van der Waals surface area contributed by atoms with Crippen molar-refractivity contribution in [2.24, 2.45) is 27.2 Å². The molecular weight excluding hydrogens is 1080 g/mol. The third-order valence-corrected chi connectivity index (χ3v) is 11.5. The molecule has 80 heavy (non-hydrogen) atoms. The van der Waals surface area contributed by atoms with Crippen LogP contribution in [0.2, 0.25) is 0 Å². The molecule has 11 N–H and O–H groups in total. The SMILES string of the molecule is CC(C)(CO)CO.O=C(O)c1cc(C(=O)O)cc(S(=O)(=O)O)c1.O=C(O)c1cccc(C(=O)O)c1.O=C1OC(=O)c2ccccc21.O=C=Nc1ccc(Cc2ccc(N=C=O)cc2)cc1.OCC1CCC(CO)CC1.OCCO.[Na]. The van der Waals surface area contributed by atoms with E-state index in [1.165, 1.54) is 30.4 Å². The summed E-state index contributed by atoms with van der Waals surface area (Å²) in [5, 5.41) is 83.9. The number of aliphatic hydroxyl groups excluding tert-OH is 6. The Morgan fingerprint density at radius 1 is 0.550 bits per heavy atom. The van der Waals surface area contributed by atoms with Crippen molar-refractivity contribution >= 4 is 99.0 Å². The summed E-state index contributed by atoms with van der Waals surface area (Å²) in [6.45, 7) is 4.10. The summed E-state index contributed by atoms with van der Waals surface area (Å²) in [5.41, 5.74) is 2.71. The van der Waals surface area contributed by atoms with Crippen molar-refractivity contribution in [3.63, 3.8) is 0 Å². The summed E-state index contributed by atoms with van der Waals surface area (Å²) in [6, 6.07) is 28.6. The van der Waals surface area contributed by atoms with Gasteiger partial charge in [-0.1, -0.05) is 56.3 Å². The average molecular weight is 1140 g/mol. The van der Waals surface area contributed by atoms with Crippen LogP contribution < -0.4 is 0 Å². The first-order valence-corrected chi connectivity index (χ1v) is 24.8. The van der Waals surface area contributed by atoms with Gasteiger partial charge in [0.25, 0.3) is 10.1 Å². The summed E-state index contributed by atoms with van der Waals surface area (Å²) in [5.74, 6) is -5.31. The second-order valence-corrected chi connectivity index (χ2v) is 18.8. The summed E-state index contributed by atoms with van der Waals surface area (Å²) < 4.78 is 34.5. The van der Waals surface area contributed by atoms with E-state index < -0.39 is 62.0 Å². The molecule has 0 unspecified atom stereocenters. The maximum absolute atomic E-state index is 10.8. The number of rotatable bonds is 14. The topological polar surface area (TPSA) is 427 Å².